The predicted molar refractivity (Wildman–Crippen MR) is 123 cm³/mol. The van der Waals surface area contributed by atoms with Crippen LogP contribution >= 0.6 is 0 Å². The van der Waals surface area contributed by atoms with E-state index < -0.39 is 66.9 Å². The Hall–Kier alpha value is -4.25. The van der Waals surface area contributed by atoms with Gasteiger partial charge in [0.2, 0.25) is 17.7 Å². The average Bonchev–Trinajstić information content (AvgIpc) is 3.30. The first-order valence-corrected chi connectivity index (χ1v) is 10.7. The van der Waals surface area contributed by atoms with Crippen LogP contribution in [0.2, 0.25) is 0 Å². The van der Waals surface area contributed by atoms with Gasteiger partial charge in [-0.1, -0.05) is 0 Å². The molecule has 0 saturated carbocycles. The number of carbonyl (C=O) groups is 5. The van der Waals surface area contributed by atoms with E-state index in [2.05, 4.69) is 30.9 Å². The molecule has 4 unspecified atom stereocenters. The van der Waals surface area contributed by atoms with Gasteiger partial charge in [-0.15, -0.1) is 0 Å². The number of hydrogen-bond donors (Lipinski definition) is 10. The number of aliphatic hydroxyl groups is 1. The third-order valence-electron chi connectivity index (χ3n) is 4.72. The van der Waals surface area contributed by atoms with Crippen LogP contribution in [0.5, 0.6) is 0 Å². The molecule has 0 radical (unpaired) electrons. The van der Waals surface area contributed by atoms with Gasteiger partial charge >= 0.3 is 11.9 Å². The Morgan fingerprint density at radius 2 is 1.61 bits per heavy atom. The Kier molecular flexibility index (Phi) is 12.3. The van der Waals surface area contributed by atoms with Crippen LogP contribution in [0.3, 0.4) is 0 Å². The van der Waals surface area contributed by atoms with Gasteiger partial charge in [0.05, 0.1) is 25.4 Å². The summed E-state index contributed by atoms with van der Waals surface area (Å²) in [4.78, 5) is 70.4. The van der Waals surface area contributed by atoms with Crippen molar-refractivity contribution < 1.29 is 39.3 Å². The molecule has 17 nitrogen and oxygen atoms in total. The van der Waals surface area contributed by atoms with Crippen molar-refractivity contribution in [1.29, 1.82) is 0 Å². The van der Waals surface area contributed by atoms with Gasteiger partial charge in [-0.25, -0.2) is 9.78 Å². The lowest BCUT2D eigenvalue weighted by Gasteiger charge is -2.23. The van der Waals surface area contributed by atoms with Crippen molar-refractivity contribution in [2.75, 3.05) is 13.2 Å². The summed E-state index contributed by atoms with van der Waals surface area (Å²) in [7, 11) is 0. The van der Waals surface area contributed by atoms with Gasteiger partial charge in [0.25, 0.3) is 0 Å². The highest BCUT2D eigenvalue weighted by atomic mass is 16.4. The van der Waals surface area contributed by atoms with Gasteiger partial charge in [0, 0.05) is 24.9 Å². The molecule has 1 heterocycles. The highest BCUT2D eigenvalue weighted by Crippen LogP contribution is 2.02. The number of aliphatic imine (C=N–C) groups is 1. The molecule has 1 aromatic rings. The number of carboxylic acid groups (broad SMARTS) is 2. The van der Waals surface area contributed by atoms with E-state index in [1.165, 1.54) is 12.5 Å². The van der Waals surface area contributed by atoms with E-state index in [-0.39, 0.29) is 31.8 Å². The van der Waals surface area contributed by atoms with E-state index in [4.69, 9.17) is 22.3 Å². The third-order valence-corrected chi connectivity index (χ3v) is 4.72. The molecular formula is C19H31N9O8. The number of hydrogen-bond acceptors (Lipinski definition) is 9. The zero-order chi connectivity index (χ0) is 27.3. The van der Waals surface area contributed by atoms with E-state index in [0.29, 0.717) is 5.69 Å². The minimum atomic E-state index is -1.64. The van der Waals surface area contributed by atoms with Crippen LogP contribution in [-0.4, -0.2) is 98.2 Å². The Balaban J connectivity index is 2.79. The lowest BCUT2D eigenvalue weighted by molar-refractivity contribution is -0.143. The summed E-state index contributed by atoms with van der Waals surface area (Å²) in [6.45, 7) is -0.827. The molecule has 0 bridgehead atoms. The fourth-order valence-electron chi connectivity index (χ4n) is 2.89. The number of aliphatic hydroxyl groups excluding tert-OH is 1. The summed E-state index contributed by atoms with van der Waals surface area (Å²) < 4.78 is 0. The molecule has 200 valence electrons. The summed E-state index contributed by atoms with van der Waals surface area (Å²) in [6.07, 6.45) is 2.13. The van der Waals surface area contributed by atoms with Crippen molar-refractivity contribution in [3.63, 3.8) is 0 Å². The van der Waals surface area contributed by atoms with Crippen molar-refractivity contribution in [3.8, 4) is 0 Å². The minimum Gasteiger partial charge on any atom is -0.481 e. The SMILES string of the molecule is NC(N)=NCCCC(NC(=O)C(CO)NC(=O)C(CC(=O)O)NC(=O)C(N)Cc1cnc[nH]1)C(=O)O. The summed E-state index contributed by atoms with van der Waals surface area (Å²) in [5.74, 6) is -5.99. The van der Waals surface area contributed by atoms with Gasteiger partial charge in [-0.05, 0) is 12.8 Å². The topological polar surface area (TPSA) is 301 Å². The average molecular weight is 514 g/mol. The minimum absolute atomic E-state index is 0.0225. The van der Waals surface area contributed by atoms with E-state index in [0.717, 1.165) is 0 Å². The number of carboxylic acids is 2. The Morgan fingerprint density at radius 1 is 1.00 bits per heavy atom. The maximum atomic E-state index is 12.6. The molecule has 36 heavy (non-hydrogen) atoms. The molecule has 0 aliphatic rings. The number of nitrogens with two attached hydrogens (primary N) is 3. The summed E-state index contributed by atoms with van der Waals surface area (Å²) in [5.41, 5.74) is 16.7. The lowest BCUT2D eigenvalue weighted by atomic mass is 10.1. The predicted octanol–water partition coefficient (Wildman–Crippen LogP) is -4.66. The van der Waals surface area contributed by atoms with Crippen LogP contribution in [0.25, 0.3) is 0 Å². The second kappa shape index (κ2) is 14.9. The quantitative estimate of drug-likeness (QED) is 0.0566. The maximum Gasteiger partial charge on any atom is 0.326 e. The Labute approximate surface area is 204 Å². The van der Waals surface area contributed by atoms with Crippen molar-refractivity contribution >= 4 is 35.6 Å². The number of H-pyrrole nitrogens is 1. The number of aliphatic carboxylic acids is 2. The number of imidazole rings is 1. The van der Waals surface area contributed by atoms with Crippen LogP contribution in [0.1, 0.15) is 25.0 Å². The number of rotatable bonds is 16. The first-order valence-electron chi connectivity index (χ1n) is 10.7. The van der Waals surface area contributed by atoms with Gasteiger partial charge < -0.3 is 53.5 Å². The maximum absolute atomic E-state index is 12.6. The monoisotopic (exact) mass is 513 g/mol. The normalized spacial score (nSPS) is 13.9. The molecule has 3 amide bonds. The number of nitrogens with zero attached hydrogens (tertiary/aromatic N) is 2. The molecule has 13 N–H and O–H groups in total. The molecule has 0 spiro atoms. The van der Waals surface area contributed by atoms with Crippen LogP contribution in [0.15, 0.2) is 17.5 Å². The molecule has 1 rings (SSSR count). The van der Waals surface area contributed by atoms with E-state index >= 15 is 0 Å². The molecule has 17 heteroatoms. The molecule has 0 aromatic carbocycles. The molecular weight excluding hydrogens is 482 g/mol. The second-order valence-electron chi connectivity index (χ2n) is 7.64. The van der Waals surface area contributed by atoms with Crippen LogP contribution in [-0.2, 0) is 30.4 Å². The van der Waals surface area contributed by atoms with E-state index in [1.54, 1.807) is 0 Å². The van der Waals surface area contributed by atoms with E-state index in [1.807, 2.05) is 0 Å². The zero-order valence-corrected chi connectivity index (χ0v) is 19.2. The molecule has 1 aromatic heterocycles. The summed E-state index contributed by atoms with van der Waals surface area (Å²) >= 11 is 0. The van der Waals surface area contributed by atoms with Crippen LogP contribution in [0, 0.1) is 0 Å². The fourth-order valence-corrected chi connectivity index (χ4v) is 2.89. The first kappa shape index (κ1) is 29.8. The molecule has 0 aliphatic carbocycles. The number of aromatic amines is 1. The zero-order valence-electron chi connectivity index (χ0n) is 19.2. The first-order chi connectivity index (χ1) is 16.9. The highest BCUT2D eigenvalue weighted by molar-refractivity contribution is 5.95. The molecule has 0 saturated heterocycles. The standard InChI is InChI=1S/C19H31N9O8/c20-10(4-9-6-23-8-25-9)15(32)27-12(5-14(30)31)16(33)28-13(7-29)17(34)26-11(18(35)36)2-1-3-24-19(21)22/h6,8,10-13,29H,1-5,7,20H2,(H,23,25)(H,26,34)(H,27,32)(H,28,33)(H,30,31)(H,35,36)(H4,21,22,24). The van der Waals surface area contributed by atoms with Crippen LogP contribution in [0.4, 0.5) is 0 Å². The fraction of sp³-hybridized carbons (Fsp3) is 0.526. The van der Waals surface area contributed by atoms with Crippen LogP contribution < -0.4 is 33.2 Å². The lowest BCUT2D eigenvalue weighted by Crippen LogP contribution is -2.58. The van der Waals surface area contributed by atoms with Crippen molar-refractivity contribution in [1.82, 2.24) is 25.9 Å². The molecule has 0 aliphatic heterocycles. The van der Waals surface area contributed by atoms with Crippen molar-refractivity contribution in [2.45, 2.75) is 49.9 Å². The van der Waals surface area contributed by atoms with Crippen molar-refractivity contribution in [3.05, 3.63) is 18.2 Å². The number of aromatic nitrogens is 2. The number of carbonyl (C=O) groups excluding carboxylic acids is 3. The van der Waals surface area contributed by atoms with Crippen molar-refractivity contribution in [2.24, 2.45) is 22.2 Å². The third kappa shape index (κ3) is 10.8. The number of amides is 3. The van der Waals surface area contributed by atoms with Gasteiger partial charge in [-0.3, -0.25) is 24.2 Å². The number of nitrogens with one attached hydrogen (secondary N) is 4. The van der Waals surface area contributed by atoms with Gasteiger partial charge in [-0.2, -0.15) is 0 Å². The number of guanidine groups is 1. The van der Waals surface area contributed by atoms with Gasteiger partial charge in [0.1, 0.15) is 18.1 Å². The van der Waals surface area contributed by atoms with Gasteiger partial charge in [0.15, 0.2) is 5.96 Å². The summed E-state index contributed by atoms with van der Waals surface area (Å²) in [6, 6.07) is -5.81. The Morgan fingerprint density at radius 3 is 2.14 bits per heavy atom. The largest absolute Gasteiger partial charge is 0.481 e. The molecule has 0 fully saturated rings. The summed E-state index contributed by atoms with van der Waals surface area (Å²) in [5, 5.41) is 34.5. The van der Waals surface area contributed by atoms with E-state index in [9.17, 15) is 34.2 Å². The Bertz CT molecular complexity index is 933. The smallest absolute Gasteiger partial charge is 0.326 e. The second-order valence-corrected chi connectivity index (χ2v) is 7.64. The molecule has 4 atom stereocenters. The highest BCUT2D eigenvalue weighted by Gasteiger charge is 2.31.